The number of thioether (sulfide) groups is 1. The van der Waals surface area contributed by atoms with E-state index >= 15 is 0 Å². The van der Waals surface area contributed by atoms with E-state index in [1.807, 2.05) is 54.4 Å². The van der Waals surface area contributed by atoms with Gasteiger partial charge in [-0.1, -0.05) is 48.9 Å². The molecule has 0 saturated carbocycles. The van der Waals surface area contributed by atoms with E-state index < -0.39 is 6.04 Å². The summed E-state index contributed by atoms with van der Waals surface area (Å²) < 4.78 is 2.21. The number of rotatable bonds is 10. The van der Waals surface area contributed by atoms with Crippen LogP contribution >= 0.6 is 23.4 Å². The van der Waals surface area contributed by atoms with Gasteiger partial charge < -0.3 is 14.9 Å². The number of H-pyrrole nitrogens is 1. The molecule has 45 heavy (non-hydrogen) atoms. The Morgan fingerprint density at radius 2 is 1.82 bits per heavy atom. The highest BCUT2D eigenvalue weighted by atomic mass is 35.5. The SMILES string of the molecule is CCCSc1ccc2c(c1)nc(C(Cc1c[nH]c3ccccc13)NC(=O)c1ccc3nccnc3c1)n2Cc1cccc(Cl)c1. The van der Waals surface area contributed by atoms with Crippen LogP contribution < -0.4 is 5.32 Å². The summed E-state index contributed by atoms with van der Waals surface area (Å²) in [4.78, 5) is 32.5. The third kappa shape index (κ3) is 6.16. The number of imidazole rings is 1. The van der Waals surface area contributed by atoms with Crippen LogP contribution in [0.25, 0.3) is 33.0 Å². The minimum absolute atomic E-state index is 0.201. The van der Waals surface area contributed by atoms with Gasteiger partial charge in [0.15, 0.2) is 0 Å². The van der Waals surface area contributed by atoms with Crippen molar-refractivity contribution in [3.05, 3.63) is 131 Å². The third-order valence-electron chi connectivity index (χ3n) is 7.90. The number of benzene rings is 4. The summed E-state index contributed by atoms with van der Waals surface area (Å²) in [7, 11) is 0. The highest BCUT2D eigenvalue weighted by Gasteiger charge is 2.25. The number of hydrogen-bond donors (Lipinski definition) is 2. The van der Waals surface area contributed by atoms with Crippen LogP contribution in [-0.2, 0) is 13.0 Å². The predicted octanol–water partition coefficient (Wildman–Crippen LogP) is 8.38. The van der Waals surface area contributed by atoms with Gasteiger partial charge in [-0.3, -0.25) is 14.8 Å². The Bertz CT molecular complexity index is 2160. The summed E-state index contributed by atoms with van der Waals surface area (Å²) in [5.41, 5.74) is 7.03. The van der Waals surface area contributed by atoms with Crippen LogP contribution in [0.15, 0.2) is 108 Å². The molecule has 7 rings (SSSR count). The summed E-state index contributed by atoms with van der Waals surface area (Å²) in [5, 5.41) is 5.15. The van der Waals surface area contributed by atoms with Gasteiger partial charge in [-0.15, -0.1) is 11.8 Å². The lowest BCUT2D eigenvalue weighted by Crippen LogP contribution is -2.32. The summed E-state index contributed by atoms with van der Waals surface area (Å²) >= 11 is 8.23. The van der Waals surface area contributed by atoms with Crippen molar-refractivity contribution in [3.8, 4) is 0 Å². The highest BCUT2D eigenvalue weighted by Crippen LogP contribution is 2.31. The van der Waals surface area contributed by atoms with Crippen LogP contribution in [0.2, 0.25) is 5.02 Å². The van der Waals surface area contributed by atoms with Crippen LogP contribution in [0.4, 0.5) is 0 Å². The third-order valence-corrected chi connectivity index (χ3v) is 9.33. The van der Waals surface area contributed by atoms with Gasteiger partial charge in [0.1, 0.15) is 5.82 Å². The minimum atomic E-state index is -0.437. The fourth-order valence-corrected chi connectivity index (χ4v) is 6.77. The van der Waals surface area contributed by atoms with Crippen molar-refractivity contribution < 1.29 is 4.79 Å². The van der Waals surface area contributed by atoms with Crippen molar-refractivity contribution in [1.29, 1.82) is 0 Å². The molecule has 0 saturated heterocycles. The second-order valence-electron chi connectivity index (χ2n) is 11.0. The lowest BCUT2D eigenvalue weighted by atomic mass is 10.0. The Hall–Kier alpha value is -4.66. The summed E-state index contributed by atoms with van der Waals surface area (Å²) in [5.74, 6) is 1.62. The molecule has 9 heteroatoms. The van der Waals surface area contributed by atoms with Crippen LogP contribution in [0.1, 0.15) is 46.7 Å². The molecule has 0 aliphatic rings. The van der Waals surface area contributed by atoms with Crippen molar-refractivity contribution >= 4 is 62.2 Å². The zero-order chi connectivity index (χ0) is 30.8. The van der Waals surface area contributed by atoms with Gasteiger partial charge in [0.05, 0.1) is 28.1 Å². The first-order valence-electron chi connectivity index (χ1n) is 15.0. The second kappa shape index (κ2) is 12.8. The van der Waals surface area contributed by atoms with Crippen molar-refractivity contribution in [2.75, 3.05) is 5.75 Å². The van der Waals surface area contributed by atoms with Gasteiger partial charge in [-0.05, 0) is 77.9 Å². The molecule has 2 N–H and O–H groups in total. The molecule has 1 amide bonds. The van der Waals surface area contributed by atoms with E-state index in [9.17, 15) is 4.79 Å². The summed E-state index contributed by atoms with van der Waals surface area (Å²) in [6.07, 6.45) is 6.94. The van der Waals surface area contributed by atoms with E-state index in [0.717, 1.165) is 56.6 Å². The number of para-hydroxylation sites is 1. The standard InChI is InChI=1S/C36H31ClN6OS/c1-2-16-45-27-11-13-34-32(20-27)41-35(43(34)22-23-6-5-7-26(37)17-23)33(19-25-21-40-29-9-4-3-8-28(25)29)42-36(44)24-10-12-30-31(18-24)39-15-14-38-30/h3-15,17-18,20-21,33,40H,2,16,19,22H2,1H3,(H,42,44). The van der Waals surface area contributed by atoms with Crippen LogP contribution in [-0.4, -0.2) is 36.2 Å². The van der Waals surface area contributed by atoms with Gasteiger partial charge in [0.25, 0.3) is 5.91 Å². The van der Waals surface area contributed by atoms with Crippen molar-refractivity contribution in [2.24, 2.45) is 0 Å². The molecule has 1 unspecified atom stereocenters. The maximum atomic E-state index is 13.9. The minimum Gasteiger partial charge on any atom is -0.361 e. The van der Waals surface area contributed by atoms with E-state index in [4.69, 9.17) is 16.6 Å². The average molecular weight is 631 g/mol. The molecule has 4 aromatic carbocycles. The topological polar surface area (TPSA) is 88.5 Å². The van der Waals surface area contributed by atoms with E-state index in [2.05, 4.69) is 68.2 Å². The predicted molar refractivity (Wildman–Crippen MR) is 183 cm³/mol. The number of fused-ring (bicyclic) bond motifs is 3. The summed E-state index contributed by atoms with van der Waals surface area (Å²) in [6.45, 7) is 2.74. The Labute approximate surface area is 270 Å². The first-order valence-corrected chi connectivity index (χ1v) is 16.4. The zero-order valence-electron chi connectivity index (χ0n) is 24.7. The lowest BCUT2D eigenvalue weighted by Gasteiger charge is -2.21. The van der Waals surface area contributed by atoms with Gasteiger partial charge in [-0.25, -0.2) is 4.98 Å². The fourth-order valence-electron chi connectivity index (χ4n) is 5.76. The molecular formula is C36H31ClN6OS. The number of aromatic amines is 1. The molecular weight excluding hydrogens is 600 g/mol. The summed E-state index contributed by atoms with van der Waals surface area (Å²) in [6, 6.07) is 27.5. The number of carbonyl (C=O) groups excluding carboxylic acids is 1. The molecule has 224 valence electrons. The smallest absolute Gasteiger partial charge is 0.251 e. The lowest BCUT2D eigenvalue weighted by molar-refractivity contribution is 0.0934. The van der Waals surface area contributed by atoms with E-state index in [1.54, 1.807) is 24.5 Å². The quantitative estimate of drug-likeness (QED) is 0.148. The number of nitrogens with zero attached hydrogens (tertiary/aromatic N) is 4. The maximum Gasteiger partial charge on any atom is 0.251 e. The second-order valence-corrected chi connectivity index (χ2v) is 12.6. The molecule has 3 heterocycles. The van der Waals surface area contributed by atoms with Crippen LogP contribution in [0, 0.1) is 0 Å². The Morgan fingerprint density at radius 3 is 2.69 bits per heavy atom. The molecule has 0 radical (unpaired) electrons. The number of halogens is 1. The fraction of sp³-hybridized carbons (Fsp3) is 0.167. The first-order chi connectivity index (χ1) is 22.1. The molecule has 0 fully saturated rings. The Kier molecular flexibility index (Phi) is 8.24. The molecule has 1 atom stereocenters. The monoisotopic (exact) mass is 630 g/mol. The van der Waals surface area contributed by atoms with Crippen LogP contribution in [0.3, 0.4) is 0 Å². The number of carbonyl (C=O) groups is 1. The number of amides is 1. The van der Waals surface area contributed by atoms with Crippen molar-refractivity contribution in [3.63, 3.8) is 0 Å². The van der Waals surface area contributed by atoms with Crippen LogP contribution in [0.5, 0.6) is 0 Å². The number of nitrogens with one attached hydrogen (secondary N) is 2. The normalized spacial score (nSPS) is 12.2. The Balaban J connectivity index is 1.34. The first kappa shape index (κ1) is 29.1. The molecule has 3 aromatic heterocycles. The molecule has 0 aliphatic carbocycles. The van der Waals surface area contributed by atoms with Crippen molar-refractivity contribution in [2.45, 2.75) is 37.2 Å². The van der Waals surface area contributed by atoms with Gasteiger partial charge in [0, 0.05) is 57.9 Å². The highest BCUT2D eigenvalue weighted by molar-refractivity contribution is 7.99. The number of aromatic nitrogens is 5. The number of hydrogen-bond acceptors (Lipinski definition) is 5. The van der Waals surface area contributed by atoms with Gasteiger partial charge in [0.2, 0.25) is 0 Å². The molecule has 7 nitrogen and oxygen atoms in total. The zero-order valence-corrected chi connectivity index (χ0v) is 26.3. The largest absolute Gasteiger partial charge is 0.361 e. The average Bonchev–Trinajstić information content (AvgIpc) is 3.64. The Morgan fingerprint density at radius 1 is 0.956 bits per heavy atom. The van der Waals surface area contributed by atoms with Crippen molar-refractivity contribution in [1.82, 2.24) is 29.8 Å². The van der Waals surface area contributed by atoms with E-state index in [0.29, 0.717) is 29.1 Å². The molecule has 0 bridgehead atoms. The van der Waals surface area contributed by atoms with Gasteiger partial charge in [-0.2, -0.15) is 0 Å². The van der Waals surface area contributed by atoms with Gasteiger partial charge >= 0.3 is 0 Å². The molecule has 7 aromatic rings. The molecule has 0 aliphatic heterocycles. The van der Waals surface area contributed by atoms with E-state index in [-0.39, 0.29) is 5.91 Å². The molecule has 0 spiro atoms. The maximum absolute atomic E-state index is 13.9. The van der Waals surface area contributed by atoms with E-state index in [1.165, 1.54) is 4.90 Å².